The molecule has 4 aromatic heterocycles. The summed E-state index contributed by atoms with van der Waals surface area (Å²) >= 11 is 1.39. The predicted molar refractivity (Wildman–Crippen MR) is 157 cm³/mol. The Hall–Kier alpha value is -4.32. The molecule has 6 heterocycles. The van der Waals surface area contributed by atoms with E-state index in [4.69, 9.17) is 14.7 Å². The molecule has 2 aliphatic heterocycles. The molecule has 0 spiro atoms. The highest BCUT2D eigenvalue weighted by Gasteiger charge is 2.30. The highest BCUT2D eigenvalue weighted by atomic mass is 32.1. The number of rotatable bonds is 8. The van der Waals surface area contributed by atoms with Crippen molar-refractivity contribution in [1.82, 2.24) is 24.4 Å². The van der Waals surface area contributed by atoms with Gasteiger partial charge in [0.1, 0.15) is 23.4 Å². The molecular formula is C30H32FN7O3S. The summed E-state index contributed by atoms with van der Waals surface area (Å²) in [5.41, 5.74) is 2.07. The van der Waals surface area contributed by atoms with Gasteiger partial charge < -0.3 is 19.1 Å². The van der Waals surface area contributed by atoms with Crippen LogP contribution in [0.2, 0.25) is 0 Å². The third kappa shape index (κ3) is 6.28. The van der Waals surface area contributed by atoms with E-state index in [1.54, 1.807) is 42.1 Å². The minimum absolute atomic E-state index is 0.0625. The fourth-order valence-electron chi connectivity index (χ4n) is 5.60. The number of piperidine rings is 1. The summed E-state index contributed by atoms with van der Waals surface area (Å²) in [6, 6.07) is 10.6. The molecule has 10 nitrogen and oxygen atoms in total. The number of amides is 2. The Labute approximate surface area is 247 Å². The lowest BCUT2D eigenvalue weighted by Crippen LogP contribution is -2.40. The van der Waals surface area contributed by atoms with Crippen LogP contribution in [0.5, 0.6) is 5.75 Å². The lowest BCUT2D eigenvalue weighted by Gasteiger charge is -2.31. The molecule has 2 saturated heterocycles. The second-order valence-electron chi connectivity index (χ2n) is 10.6. The molecule has 1 atom stereocenters. The number of aromatic nitrogens is 4. The lowest BCUT2D eigenvalue weighted by molar-refractivity contribution is -0.130. The smallest absolute Gasteiger partial charge is 0.274 e. The van der Waals surface area contributed by atoms with E-state index < -0.39 is 5.95 Å². The number of hydrogen-bond acceptors (Lipinski definition) is 8. The van der Waals surface area contributed by atoms with Crippen molar-refractivity contribution in [2.75, 3.05) is 29.9 Å². The van der Waals surface area contributed by atoms with Crippen LogP contribution in [-0.4, -0.2) is 62.0 Å². The molecule has 0 saturated carbocycles. The number of anilines is 2. The zero-order valence-electron chi connectivity index (χ0n) is 23.3. The van der Waals surface area contributed by atoms with Crippen molar-refractivity contribution in [3.05, 3.63) is 83.3 Å². The number of ether oxygens (including phenoxy) is 1. The van der Waals surface area contributed by atoms with Crippen LogP contribution in [0.3, 0.4) is 0 Å². The summed E-state index contributed by atoms with van der Waals surface area (Å²) in [6.07, 6.45) is 8.64. The van der Waals surface area contributed by atoms with Crippen molar-refractivity contribution in [2.45, 2.75) is 51.3 Å². The van der Waals surface area contributed by atoms with E-state index in [0.717, 1.165) is 62.6 Å². The maximum Gasteiger partial charge on any atom is 0.274 e. The molecule has 1 N–H and O–H groups in total. The molecule has 12 heteroatoms. The summed E-state index contributed by atoms with van der Waals surface area (Å²) < 4.78 is 21.4. The number of nitrogens with zero attached hydrogens (tertiary/aromatic N) is 6. The zero-order chi connectivity index (χ0) is 29.1. The molecule has 0 aromatic carbocycles. The highest BCUT2D eigenvalue weighted by Crippen LogP contribution is 2.37. The van der Waals surface area contributed by atoms with Gasteiger partial charge in [-0.2, -0.15) is 4.39 Å². The standard InChI is InChI=1S/C30H32FN7O3S/c1-20(39)36-14-9-22(10-15-36)41-23-6-7-28(33-17-23)38-13-3-4-25(38)24-19-42-30(34-24)35-29(40)26-5-2-12-37(26)18-21-8-11-32-27(31)16-21/h2,5-8,11-12,16-17,19,22,25H,3-4,9-10,13-15,18H2,1H3,(H,34,35,40)/t25-/m1/s1. The first kappa shape index (κ1) is 27.8. The van der Waals surface area contributed by atoms with Gasteiger partial charge in [-0.15, -0.1) is 11.3 Å². The van der Waals surface area contributed by atoms with Crippen LogP contribution < -0.4 is 15.0 Å². The van der Waals surface area contributed by atoms with Crippen molar-refractivity contribution in [1.29, 1.82) is 0 Å². The maximum absolute atomic E-state index is 13.5. The first-order chi connectivity index (χ1) is 20.4. The maximum atomic E-state index is 13.5. The topological polar surface area (TPSA) is 105 Å². The van der Waals surface area contributed by atoms with E-state index in [9.17, 15) is 14.0 Å². The van der Waals surface area contributed by atoms with Gasteiger partial charge in [0.05, 0.1) is 17.9 Å². The molecule has 0 radical (unpaired) electrons. The number of pyridine rings is 2. The monoisotopic (exact) mass is 589 g/mol. The Balaban J connectivity index is 1.07. The van der Waals surface area contributed by atoms with E-state index in [1.165, 1.54) is 23.6 Å². The Kier molecular flexibility index (Phi) is 8.13. The van der Waals surface area contributed by atoms with Gasteiger partial charge in [0.25, 0.3) is 5.91 Å². The molecule has 2 aliphatic rings. The van der Waals surface area contributed by atoms with Gasteiger partial charge in [-0.25, -0.2) is 15.0 Å². The number of thiazole rings is 1. The average molecular weight is 590 g/mol. The SMILES string of the molecule is CC(=O)N1CCC(Oc2ccc(N3CCC[C@@H]3c3csc(NC(=O)c4cccn4Cc4ccnc(F)c4)n3)nc2)CC1. The van der Waals surface area contributed by atoms with Crippen LogP contribution in [-0.2, 0) is 11.3 Å². The normalized spacial score (nSPS) is 17.4. The number of hydrogen-bond donors (Lipinski definition) is 1. The molecule has 42 heavy (non-hydrogen) atoms. The van der Waals surface area contributed by atoms with Gasteiger partial charge in [-0.05, 0) is 54.8 Å². The van der Waals surface area contributed by atoms with E-state index in [1.807, 2.05) is 22.4 Å². The Morgan fingerprint density at radius 1 is 1.12 bits per heavy atom. The van der Waals surface area contributed by atoms with Crippen molar-refractivity contribution in [2.24, 2.45) is 0 Å². The second kappa shape index (κ2) is 12.3. The van der Waals surface area contributed by atoms with E-state index >= 15 is 0 Å². The second-order valence-corrected chi connectivity index (χ2v) is 11.4. The summed E-state index contributed by atoms with van der Waals surface area (Å²) in [7, 11) is 0. The predicted octanol–water partition coefficient (Wildman–Crippen LogP) is 4.91. The van der Waals surface area contributed by atoms with Gasteiger partial charge >= 0.3 is 0 Å². The molecule has 2 fully saturated rings. The molecule has 218 valence electrons. The number of likely N-dealkylation sites (tertiary alicyclic amines) is 1. The Morgan fingerprint density at radius 3 is 2.74 bits per heavy atom. The van der Waals surface area contributed by atoms with Crippen LogP contribution in [0.25, 0.3) is 0 Å². The minimum Gasteiger partial charge on any atom is -0.489 e. The van der Waals surface area contributed by atoms with Gasteiger partial charge in [0, 0.05) is 63.7 Å². The molecule has 0 bridgehead atoms. The fourth-order valence-corrected chi connectivity index (χ4v) is 6.35. The highest BCUT2D eigenvalue weighted by molar-refractivity contribution is 7.14. The van der Waals surface area contributed by atoms with Crippen LogP contribution in [0.15, 0.2) is 60.4 Å². The third-order valence-corrected chi connectivity index (χ3v) is 8.52. The number of nitrogens with one attached hydrogen (secondary N) is 1. The Bertz CT molecular complexity index is 1550. The quantitative estimate of drug-likeness (QED) is 0.291. The fraction of sp³-hybridized carbons (Fsp3) is 0.367. The van der Waals surface area contributed by atoms with Gasteiger partial charge in [0.2, 0.25) is 11.9 Å². The number of halogens is 1. The largest absolute Gasteiger partial charge is 0.489 e. The molecular weight excluding hydrogens is 557 g/mol. The summed E-state index contributed by atoms with van der Waals surface area (Å²) in [4.78, 5) is 41.8. The summed E-state index contributed by atoms with van der Waals surface area (Å²) in [5, 5.41) is 5.44. The zero-order valence-corrected chi connectivity index (χ0v) is 24.1. The van der Waals surface area contributed by atoms with Crippen molar-refractivity contribution >= 4 is 34.1 Å². The van der Waals surface area contributed by atoms with E-state index in [0.29, 0.717) is 22.9 Å². The minimum atomic E-state index is -0.552. The summed E-state index contributed by atoms with van der Waals surface area (Å²) in [6.45, 7) is 4.26. The molecule has 2 amide bonds. The van der Waals surface area contributed by atoms with Gasteiger partial charge in [0.15, 0.2) is 5.13 Å². The van der Waals surface area contributed by atoms with E-state index in [-0.39, 0.29) is 24.0 Å². The van der Waals surface area contributed by atoms with Crippen molar-refractivity contribution in [3.63, 3.8) is 0 Å². The van der Waals surface area contributed by atoms with Gasteiger partial charge in [-0.1, -0.05) is 0 Å². The number of carbonyl (C=O) groups excluding carboxylic acids is 2. The van der Waals surface area contributed by atoms with Crippen molar-refractivity contribution in [3.8, 4) is 5.75 Å². The first-order valence-electron chi connectivity index (χ1n) is 14.1. The number of carbonyl (C=O) groups is 2. The molecule has 0 aliphatic carbocycles. The van der Waals surface area contributed by atoms with Crippen LogP contribution in [0.4, 0.5) is 15.3 Å². The Morgan fingerprint density at radius 2 is 1.98 bits per heavy atom. The summed E-state index contributed by atoms with van der Waals surface area (Å²) in [5.74, 6) is 0.876. The van der Waals surface area contributed by atoms with Crippen LogP contribution >= 0.6 is 11.3 Å². The van der Waals surface area contributed by atoms with Crippen LogP contribution in [0, 0.1) is 5.95 Å². The molecule has 0 unspecified atom stereocenters. The first-order valence-corrected chi connectivity index (χ1v) is 15.0. The van der Waals surface area contributed by atoms with Crippen molar-refractivity contribution < 1.29 is 18.7 Å². The lowest BCUT2D eigenvalue weighted by atomic mass is 10.1. The van der Waals surface area contributed by atoms with E-state index in [2.05, 4.69) is 15.2 Å². The van der Waals surface area contributed by atoms with Crippen LogP contribution in [0.1, 0.15) is 60.4 Å². The average Bonchev–Trinajstić information content (AvgIpc) is 3.75. The molecule has 6 rings (SSSR count). The van der Waals surface area contributed by atoms with Gasteiger partial charge in [-0.3, -0.25) is 14.9 Å². The third-order valence-electron chi connectivity index (χ3n) is 7.75. The molecule has 4 aromatic rings.